The Morgan fingerprint density at radius 2 is 1.94 bits per heavy atom. The predicted octanol–water partition coefficient (Wildman–Crippen LogP) is 3.66. The lowest BCUT2D eigenvalue weighted by Crippen LogP contribution is -2.37. The summed E-state index contributed by atoms with van der Waals surface area (Å²) in [6.07, 6.45) is 1.37. The van der Waals surface area contributed by atoms with Crippen LogP contribution in [0.3, 0.4) is 0 Å². The molecule has 1 aliphatic rings. The number of carbonyl (C=O) groups is 1. The van der Waals surface area contributed by atoms with Gasteiger partial charge in [0.2, 0.25) is 0 Å². The number of hydrogen-bond acceptors (Lipinski definition) is 8. The van der Waals surface area contributed by atoms with E-state index in [0.29, 0.717) is 61.8 Å². The third kappa shape index (κ3) is 5.04. The lowest BCUT2D eigenvalue weighted by molar-refractivity contribution is 0.122. The van der Waals surface area contributed by atoms with Gasteiger partial charge in [-0.15, -0.1) is 0 Å². The highest BCUT2D eigenvalue weighted by molar-refractivity contribution is 6.31. The van der Waals surface area contributed by atoms with Gasteiger partial charge in [-0.1, -0.05) is 16.8 Å². The summed E-state index contributed by atoms with van der Waals surface area (Å²) in [5.74, 6) is 1.91. The summed E-state index contributed by atoms with van der Waals surface area (Å²) >= 11 is 6.44. The molecule has 0 radical (unpaired) electrons. The van der Waals surface area contributed by atoms with Crippen LogP contribution in [0, 0.1) is 0 Å². The van der Waals surface area contributed by atoms with Gasteiger partial charge in [-0.25, -0.2) is 14.8 Å². The molecule has 4 rings (SSSR count). The average Bonchev–Trinajstić information content (AvgIpc) is 3.29. The summed E-state index contributed by atoms with van der Waals surface area (Å²) < 4.78 is 15.8. The molecule has 10 nitrogen and oxygen atoms in total. The van der Waals surface area contributed by atoms with Crippen LogP contribution in [0.25, 0.3) is 11.4 Å². The van der Waals surface area contributed by atoms with Crippen molar-refractivity contribution in [3.63, 3.8) is 0 Å². The minimum Gasteiger partial charge on any atom is -0.487 e. The molecule has 1 saturated heterocycles. The molecule has 0 saturated carbocycles. The van der Waals surface area contributed by atoms with Crippen molar-refractivity contribution in [2.45, 2.75) is 6.92 Å². The van der Waals surface area contributed by atoms with E-state index >= 15 is 0 Å². The number of aromatic nitrogens is 3. The molecule has 2 aromatic heterocycles. The van der Waals surface area contributed by atoms with Crippen LogP contribution in [0.5, 0.6) is 5.75 Å². The highest BCUT2D eigenvalue weighted by atomic mass is 35.5. The van der Waals surface area contributed by atoms with Gasteiger partial charge < -0.3 is 24.2 Å². The topological polar surface area (TPSA) is 115 Å². The van der Waals surface area contributed by atoms with E-state index in [1.54, 1.807) is 30.3 Å². The molecule has 162 valence electrons. The van der Waals surface area contributed by atoms with Crippen LogP contribution in [0.4, 0.5) is 22.1 Å². The zero-order chi connectivity index (χ0) is 21.6. The number of ether oxygens (including phenoxy) is 2. The predicted molar refractivity (Wildman–Crippen MR) is 116 cm³/mol. The van der Waals surface area contributed by atoms with E-state index in [9.17, 15) is 4.79 Å². The maximum atomic E-state index is 12.0. The van der Waals surface area contributed by atoms with Crippen LogP contribution < -0.4 is 20.3 Å². The molecule has 3 heterocycles. The fourth-order valence-corrected chi connectivity index (χ4v) is 3.28. The van der Waals surface area contributed by atoms with Crippen molar-refractivity contribution in [3.05, 3.63) is 41.7 Å². The van der Waals surface area contributed by atoms with Crippen molar-refractivity contribution in [1.82, 2.24) is 15.1 Å². The summed E-state index contributed by atoms with van der Waals surface area (Å²) in [6.45, 7) is 4.94. The van der Waals surface area contributed by atoms with Gasteiger partial charge in [0.1, 0.15) is 6.26 Å². The molecule has 0 unspecified atom stereocenters. The lowest BCUT2D eigenvalue weighted by atomic mass is 10.2. The summed E-state index contributed by atoms with van der Waals surface area (Å²) in [6, 6.07) is 8.22. The quantitative estimate of drug-likeness (QED) is 0.553. The first-order chi connectivity index (χ1) is 15.1. The first-order valence-electron chi connectivity index (χ1n) is 9.76. The van der Waals surface area contributed by atoms with E-state index in [1.807, 2.05) is 6.92 Å². The number of nitrogens with zero attached hydrogens (tertiary/aromatic N) is 4. The van der Waals surface area contributed by atoms with Crippen molar-refractivity contribution in [2.75, 3.05) is 48.4 Å². The normalized spacial score (nSPS) is 13.7. The Kier molecular flexibility index (Phi) is 6.48. The molecule has 0 atom stereocenters. The fraction of sp³-hybridized carbons (Fsp3) is 0.300. The van der Waals surface area contributed by atoms with Crippen LogP contribution in [0.1, 0.15) is 6.92 Å². The standard InChI is InChI=1S/C20H21ClN6O4/c1-2-30-16-17(21)24-18(25-19(16)27-8-11-29-12-9-27)13-3-5-14(6-4-13)22-20(28)23-15-7-10-31-26-15/h3-7,10H,2,8-9,11-12H2,1H3,(H2,22,23,26,28). The maximum Gasteiger partial charge on any atom is 0.324 e. The second-order valence-corrected chi connectivity index (χ2v) is 6.92. The molecule has 1 fully saturated rings. The van der Waals surface area contributed by atoms with E-state index in [-0.39, 0.29) is 5.15 Å². The van der Waals surface area contributed by atoms with E-state index in [4.69, 9.17) is 26.1 Å². The van der Waals surface area contributed by atoms with Crippen molar-refractivity contribution < 1.29 is 18.8 Å². The van der Waals surface area contributed by atoms with Crippen molar-refractivity contribution in [1.29, 1.82) is 0 Å². The zero-order valence-electron chi connectivity index (χ0n) is 16.8. The van der Waals surface area contributed by atoms with Crippen LogP contribution in [0.2, 0.25) is 5.15 Å². The third-order valence-corrected chi connectivity index (χ3v) is 4.74. The number of hydrogen-bond donors (Lipinski definition) is 2. The summed E-state index contributed by atoms with van der Waals surface area (Å²) in [4.78, 5) is 23.2. The van der Waals surface area contributed by atoms with E-state index in [0.717, 1.165) is 5.56 Å². The number of benzene rings is 1. The molecular weight excluding hydrogens is 424 g/mol. The summed E-state index contributed by atoms with van der Waals surface area (Å²) in [7, 11) is 0. The number of morpholine rings is 1. The Morgan fingerprint density at radius 1 is 1.16 bits per heavy atom. The van der Waals surface area contributed by atoms with Gasteiger partial charge in [0, 0.05) is 30.4 Å². The lowest BCUT2D eigenvalue weighted by Gasteiger charge is -2.29. The fourth-order valence-electron chi connectivity index (χ4n) is 3.06. The Morgan fingerprint density at radius 3 is 2.61 bits per heavy atom. The molecule has 2 amide bonds. The Hall–Kier alpha value is -3.37. The van der Waals surface area contributed by atoms with Crippen molar-refractivity contribution >= 4 is 35.0 Å². The molecule has 3 aromatic rings. The van der Waals surface area contributed by atoms with Gasteiger partial charge in [-0.3, -0.25) is 5.32 Å². The van der Waals surface area contributed by atoms with E-state index in [2.05, 4.69) is 30.2 Å². The van der Waals surface area contributed by atoms with Gasteiger partial charge in [0.05, 0.1) is 19.8 Å². The maximum absolute atomic E-state index is 12.0. The number of urea groups is 1. The summed E-state index contributed by atoms with van der Waals surface area (Å²) in [5.41, 5.74) is 1.34. The molecule has 11 heteroatoms. The Balaban J connectivity index is 1.54. The number of anilines is 3. The largest absolute Gasteiger partial charge is 0.487 e. The zero-order valence-corrected chi connectivity index (χ0v) is 17.6. The molecule has 0 aliphatic carbocycles. The average molecular weight is 445 g/mol. The van der Waals surface area contributed by atoms with Gasteiger partial charge in [0.25, 0.3) is 0 Å². The van der Waals surface area contributed by atoms with E-state index in [1.165, 1.54) is 6.26 Å². The minimum absolute atomic E-state index is 0.252. The minimum atomic E-state index is -0.434. The smallest absolute Gasteiger partial charge is 0.324 e. The Labute approximate surface area is 183 Å². The van der Waals surface area contributed by atoms with Crippen LogP contribution in [-0.2, 0) is 4.74 Å². The summed E-state index contributed by atoms with van der Waals surface area (Å²) in [5, 5.41) is 9.16. The van der Waals surface area contributed by atoms with Gasteiger partial charge in [-0.05, 0) is 31.2 Å². The molecule has 2 N–H and O–H groups in total. The van der Waals surface area contributed by atoms with Crippen LogP contribution in [-0.4, -0.2) is 54.1 Å². The molecule has 31 heavy (non-hydrogen) atoms. The van der Waals surface area contributed by atoms with Crippen LogP contribution in [0.15, 0.2) is 41.1 Å². The monoisotopic (exact) mass is 444 g/mol. The molecule has 0 spiro atoms. The molecule has 1 aliphatic heterocycles. The molecular formula is C20H21ClN6O4. The van der Waals surface area contributed by atoms with Gasteiger partial charge >= 0.3 is 6.03 Å². The number of rotatable bonds is 6. The second-order valence-electron chi connectivity index (χ2n) is 6.56. The molecule has 1 aromatic carbocycles. The SMILES string of the molecule is CCOc1c(Cl)nc(-c2ccc(NC(=O)Nc3ccon3)cc2)nc1N1CCOCC1. The third-order valence-electron chi connectivity index (χ3n) is 4.49. The highest BCUT2D eigenvalue weighted by Gasteiger charge is 2.22. The Bertz CT molecular complexity index is 1020. The van der Waals surface area contributed by atoms with Crippen LogP contribution >= 0.6 is 11.6 Å². The number of nitrogens with one attached hydrogen (secondary N) is 2. The van der Waals surface area contributed by atoms with Gasteiger partial charge in [-0.2, -0.15) is 0 Å². The first kappa shape index (κ1) is 20.9. The van der Waals surface area contributed by atoms with Crippen molar-refractivity contribution in [3.8, 4) is 17.1 Å². The van der Waals surface area contributed by atoms with Gasteiger partial charge in [0.15, 0.2) is 28.4 Å². The number of halogens is 1. The number of amides is 2. The highest BCUT2D eigenvalue weighted by Crippen LogP contribution is 2.35. The van der Waals surface area contributed by atoms with E-state index < -0.39 is 6.03 Å². The first-order valence-corrected chi connectivity index (χ1v) is 10.1. The second kappa shape index (κ2) is 9.63. The van der Waals surface area contributed by atoms with Crippen molar-refractivity contribution in [2.24, 2.45) is 0 Å². The number of carbonyl (C=O) groups excluding carboxylic acids is 1. The molecule has 0 bridgehead atoms.